The molecule has 3 aromatic rings. The standard InChI is InChI=1S/C27H35N5O4/c1-4-22-23(20-7-10-24(31-17-20)27(33)30-3)18-32-26(28)25(22)19-5-8-21(9-6-19)36-16-15-35-14-13-34-12-11-29-2/h5-10,17-18,29H,4,11-16H2,1-3H3,(H2,28,32)(H,30,33). The second kappa shape index (κ2) is 14.1. The molecular weight excluding hydrogens is 458 g/mol. The summed E-state index contributed by atoms with van der Waals surface area (Å²) in [4.78, 5) is 20.6. The molecule has 0 spiro atoms. The Hall–Kier alpha value is -3.53. The highest BCUT2D eigenvalue weighted by molar-refractivity contribution is 5.92. The molecule has 4 N–H and O–H groups in total. The summed E-state index contributed by atoms with van der Waals surface area (Å²) in [6, 6.07) is 11.4. The molecule has 0 atom stereocenters. The summed E-state index contributed by atoms with van der Waals surface area (Å²) in [7, 11) is 3.47. The van der Waals surface area contributed by atoms with Crippen molar-refractivity contribution >= 4 is 11.7 Å². The van der Waals surface area contributed by atoms with Gasteiger partial charge < -0.3 is 30.6 Å². The third kappa shape index (κ3) is 7.24. The van der Waals surface area contributed by atoms with Crippen LogP contribution in [0.4, 0.5) is 5.82 Å². The van der Waals surface area contributed by atoms with Gasteiger partial charge in [0.15, 0.2) is 0 Å². The number of nitrogens with two attached hydrogens (primary N) is 1. The zero-order chi connectivity index (χ0) is 25.8. The first kappa shape index (κ1) is 27.1. The predicted molar refractivity (Wildman–Crippen MR) is 141 cm³/mol. The molecule has 9 nitrogen and oxygen atoms in total. The van der Waals surface area contributed by atoms with Gasteiger partial charge in [0.2, 0.25) is 0 Å². The van der Waals surface area contributed by atoms with Gasteiger partial charge in [-0.2, -0.15) is 0 Å². The van der Waals surface area contributed by atoms with Gasteiger partial charge in [-0.3, -0.25) is 9.78 Å². The minimum atomic E-state index is -0.226. The quantitative estimate of drug-likeness (QED) is 0.293. The minimum absolute atomic E-state index is 0.226. The van der Waals surface area contributed by atoms with Gasteiger partial charge in [-0.25, -0.2) is 4.98 Å². The van der Waals surface area contributed by atoms with Crippen LogP contribution < -0.4 is 21.1 Å². The summed E-state index contributed by atoms with van der Waals surface area (Å²) in [5, 5.41) is 5.61. The van der Waals surface area contributed by atoms with Gasteiger partial charge in [0.1, 0.15) is 23.9 Å². The summed E-state index contributed by atoms with van der Waals surface area (Å²) in [6.45, 7) is 5.63. The Bertz CT molecular complexity index is 1100. The van der Waals surface area contributed by atoms with Crippen LogP contribution in [0.5, 0.6) is 5.75 Å². The van der Waals surface area contributed by atoms with Crippen LogP contribution in [0, 0.1) is 0 Å². The molecule has 0 bridgehead atoms. The maximum absolute atomic E-state index is 11.8. The van der Waals surface area contributed by atoms with Crippen LogP contribution in [0.1, 0.15) is 23.0 Å². The van der Waals surface area contributed by atoms with E-state index in [4.69, 9.17) is 19.9 Å². The van der Waals surface area contributed by atoms with Crippen molar-refractivity contribution in [2.24, 2.45) is 0 Å². The number of benzene rings is 1. The average molecular weight is 494 g/mol. The third-order valence-electron chi connectivity index (χ3n) is 5.61. The number of nitrogen functional groups attached to an aromatic ring is 1. The molecule has 1 amide bonds. The Morgan fingerprint density at radius 3 is 2.22 bits per heavy atom. The van der Waals surface area contributed by atoms with Crippen molar-refractivity contribution < 1.29 is 19.0 Å². The van der Waals surface area contributed by atoms with E-state index >= 15 is 0 Å². The van der Waals surface area contributed by atoms with Crippen molar-refractivity contribution in [2.75, 3.05) is 59.4 Å². The molecule has 0 aliphatic rings. The highest BCUT2D eigenvalue weighted by Crippen LogP contribution is 2.36. The number of nitrogens with zero attached hydrogens (tertiary/aromatic N) is 2. The fraction of sp³-hybridized carbons (Fsp3) is 0.370. The van der Waals surface area contributed by atoms with Crippen LogP contribution in [0.3, 0.4) is 0 Å². The maximum Gasteiger partial charge on any atom is 0.269 e. The number of carbonyl (C=O) groups is 1. The second-order valence-corrected chi connectivity index (χ2v) is 7.98. The number of nitrogens with one attached hydrogen (secondary N) is 2. The lowest BCUT2D eigenvalue weighted by Crippen LogP contribution is -2.18. The Morgan fingerprint density at radius 2 is 1.58 bits per heavy atom. The number of pyridine rings is 2. The van der Waals surface area contributed by atoms with E-state index in [1.807, 2.05) is 37.4 Å². The average Bonchev–Trinajstić information content (AvgIpc) is 2.92. The number of likely N-dealkylation sites (N-methyl/N-ethyl adjacent to an activating group) is 1. The summed E-state index contributed by atoms with van der Waals surface area (Å²) in [5.74, 6) is 0.989. The molecule has 9 heteroatoms. The largest absolute Gasteiger partial charge is 0.491 e. The molecule has 2 heterocycles. The molecule has 36 heavy (non-hydrogen) atoms. The van der Waals surface area contributed by atoms with Crippen LogP contribution in [0.15, 0.2) is 48.8 Å². The predicted octanol–water partition coefficient (Wildman–Crippen LogP) is 2.95. The molecule has 0 radical (unpaired) electrons. The van der Waals surface area contributed by atoms with Crippen LogP contribution in [0.25, 0.3) is 22.3 Å². The monoisotopic (exact) mass is 493 g/mol. The number of hydrogen-bond donors (Lipinski definition) is 3. The van der Waals surface area contributed by atoms with E-state index in [2.05, 4.69) is 27.5 Å². The van der Waals surface area contributed by atoms with E-state index in [0.717, 1.165) is 46.5 Å². The molecule has 1 aromatic carbocycles. The van der Waals surface area contributed by atoms with Gasteiger partial charge in [-0.05, 0) is 42.8 Å². The van der Waals surface area contributed by atoms with E-state index in [0.29, 0.717) is 44.5 Å². The normalized spacial score (nSPS) is 10.9. The molecule has 0 fully saturated rings. The van der Waals surface area contributed by atoms with Crippen molar-refractivity contribution in [1.82, 2.24) is 20.6 Å². The first-order valence-corrected chi connectivity index (χ1v) is 12.1. The van der Waals surface area contributed by atoms with Crippen molar-refractivity contribution in [3.8, 4) is 28.0 Å². The van der Waals surface area contributed by atoms with Gasteiger partial charge in [0.25, 0.3) is 5.91 Å². The first-order chi connectivity index (χ1) is 17.6. The summed E-state index contributed by atoms with van der Waals surface area (Å²) in [5.41, 5.74) is 11.4. The van der Waals surface area contributed by atoms with Gasteiger partial charge in [0.05, 0.1) is 26.4 Å². The Kier molecular flexibility index (Phi) is 10.6. The molecule has 0 saturated carbocycles. The molecular formula is C27H35N5O4. The highest BCUT2D eigenvalue weighted by atomic mass is 16.5. The molecule has 2 aromatic heterocycles. The minimum Gasteiger partial charge on any atom is -0.491 e. The lowest BCUT2D eigenvalue weighted by atomic mass is 9.92. The van der Waals surface area contributed by atoms with E-state index in [1.165, 1.54) is 0 Å². The van der Waals surface area contributed by atoms with Crippen LogP contribution in [-0.2, 0) is 15.9 Å². The van der Waals surface area contributed by atoms with Gasteiger partial charge in [-0.15, -0.1) is 0 Å². The van der Waals surface area contributed by atoms with E-state index < -0.39 is 0 Å². The smallest absolute Gasteiger partial charge is 0.269 e. The number of rotatable bonds is 14. The van der Waals surface area contributed by atoms with Crippen LogP contribution >= 0.6 is 0 Å². The van der Waals surface area contributed by atoms with Crippen LogP contribution in [0.2, 0.25) is 0 Å². The topological polar surface area (TPSA) is 121 Å². The number of carbonyl (C=O) groups excluding carboxylic acids is 1. The zero-order valence-electron chi connectivity index (χ0n) is 21.2. The van der Waals surface area contributed by atoms with Gasteiger partial charge >= 0.3 is 0 Å². The van der Waals surface area contributed by atoms with Crippen LogP contribution in [-0.4, -0.2) is 69.5 Å². The Balaban J connectivity index is 1.66. The SMILES string of the molecule is CCc1c(-c2ccc(C(=O)NC)nc2)cnc(N)c1-c1ccc(OCCOCCOCCNC)cc1. The number of aromatic nitrogens is 2. The zero-order valence-corrected chi connectivity index (χ0v) is 21.2. The lowest BCUT2D eigenvalue weighted by Gasteiger charge is -2.16. The number of anilines is 1. The number of hydrogen-bond acceptors (Lipinski definition) is 8. The number of amides is 1. The Labute approximate surface area is 212 Å². The molecule has 3 rings (SSSR count). The van der Waals surface area contributed by atoms with E-state index in [-0.39, 0.29) is 5.91 Å². The van der Waals surface area contributed by atoms with Gasteiger partial charge in [-0.1, -0.05) is 25.1 Å². The van der Waals surface area contributed by atoms with Crippen molar-refractivity contribution in [3.63, 3.8) is 0 Å². The summed E-state index contributed by atoms with van der Waals surface area (Å²) in [6.07, 6.45) is 4.20. The summed E-state index contributed by atoms with van der Waals surface area (Å²) < 4.78 is 16.7. The van der Waals surface area contributed by atoms with E-state index in [1.54, 1.807) is 25.5 Å². The first-order valence-electron chi connectivity index (χ1n) is 12.1. The van der Waals surface area contributed by atoms with Gasteiger partial charge in [0, 0.05) is 42.7 Å². The maximum atomic E-state index is 11.8. The molecule has 0 aliphatic heterocycles. The van der Waals surface area contributed by atoms with Crippen molar-refractivity contribution in [2.45, 2.75) is 13.3 Å². The lowest BCUT2D eigenvalue weighted by molar-refractivity contribution is 0.0376. The second-order valence-electron chi connectivity index (χ2n) is 7.98. The summed E-state index contributed by atoms with van der Waals surface area (Å²) >= 11 is 0. The van der Waals surface area contributed by atoms with Crippen molar-refractivity contribution in [3.05, 3.63) is 60.0 Å². The van der Waals surface area contributed by atoms with E-state index in [9.17, 15) is 4.79 Å². The fourth-order valence-corrected chi connectivity index (χ4v) is 3.75. The van der Waals surface area contributed by atoms with Crippen molar-refractivity contribution in [1.29, 1.82) is 0 Å². The fourth-order valence-electron chi connectivity index (χ4n) is 3.75. The Morgan fingerprint density at radius 1 is 0.889 bits per heavy atom. The molecule has 0 aliphatic carbocycles. The third-order valence-corrected chi connectivity index (χ3v) is 5.61. The number of ether oxygens (including phenoxy) is 3. The molecule has 0 unspecified atom stereocenters. The molecule has 0 saturated heterocycles. The molecule has 192 valence electrons. The highest BCUT2D eigenvalue weighted by Gasteiger charge is 2.16.